The maximum Gasteiger partial charge on any atom is 0.407 e. The highest BCUT2D eigenvalue weighted by Gasteiger charge is 2.10. The molecule has 4 heteroatoms. The van der Waals surface area contributed by atoms with Crippen molar-refractivity contribution in [2.75, 3.05) is 13.1 Å². The normalized spacial score (nSPS) is 9.93. The van der Waals surface area contributed by atoms with Crippen LogP contribution < -0.4 is 5.73 Å². The van der Waals surface area contributed by atoms with E-state index >= 15 is 0 Å². The van der Waals surface area contributed by atoms with Crippen LogP contribution in [0, 0.1) is 0 Å². The molecular formula is C11H16N2O2. The van der Waals surface area contributed by atoms with E-state index in [2.05, 4.69) is 0 Å². The molecule has 82 valence electrons. The molecule has 3 N–H and O–H groups in total. The van der Waals surface area contributed by atoms with Gasteiger partial charge in [0, 0.05) is 13.1 Å². The van der Waals surface area contributed by atoms with Crippen molar-refractivity contribution in [1.29, 1.82) is 0 Å². The average molecular weight is 208 g/mol. The lowest BCUT2D eigenvalue weighted by atomic mass is 10.2. The van der Waals surface area contributed by atoms with Gasteiger partial charge in [-0.1, -0.05) is 30.3 Å². The molecule has 0 saturated heterocycles. The van der Waals surface area contributed by atoms with Gasteiger partial charge in [0.1, 0.15) is 0 Å². The van der Waals surface area contributed by atoms with Crippen molar-refractivity contribution in [3.05, 3.63) is 35.9 Å². The molecule has 0 saturated carbocycles. The molecule has 0 spiro atoms. The molecule has 0 radical (unpaired) electrons. The van der Waals surface area contributed by atoms with Crippen molar-refractivity contribution in [2.24, 2.45) is 5.73 Å². The number of amides is 1. The maximum absolute atomic E-state index is 10.9. The van der Waals surface area contributed by atoms with Crippen LogP contribution in [0.5, 0.6) is 0 Å². The van der Waals surface area contributed by atoms with Gasteiger partial charge in [0.2, 0.25) is 0 Å². The van der Waals surface area contributed by atoms with Crippen LogP contribution in [0.2, 0.25) is 0 Å². The summed E-state index contributed by atoms with van der Waals surface area (Å²) in [5.41, 5.74) is 6.35. The minimum Gasteiger partial charge on any atom is -0.465 e. The van der Waals surface area contributed by atoms with Crippen molar-refractivity contribution in [1.82, 2.24) is 4.90 Å². The van der Waals surface area contributed by atoms with Crippen molar-refractivity contribution in [3.8, 4) is 0 Å². The number of benzene rings is 1. The number of nitrogens with zero attached hydrogens (tertiary/aromatic N) is 1. The lowest BCUT2D eigenvalue weighted by Gasteiger charge is -2.18. The molecule has 0 aromatic heterocycles. The first-order valence-electron chi connectivity index (χ1n) is 4.96. The molecule has 0 aliphatic heterocycles. The van der Waals surface area contributed by atoms with Crippen LogP contribution in [0.1, 0.15) is 12.0 Å². The van der Waals surface area contributed by atoms with Crippen LogP contribution in [-0.4, -0.2) is 29.2 Å². The highest BCUT2D eigenvalue weighted by molar-refractivity contribution is 5.64. The number of hydrogen-bond acceptors (Lipinski definition) is 2. The largest absolute Gasteiger partial charge is 0.465 e. The zero-order valence-corrected chi connectivity index (χ0v) is 8.60. The molecule has 0 aliphatic carbocycles. The van der Waals surface area contributed by atoms with Gasteiger partial charge < -0.3 is 15.7 Å². The fraction of sp³-hybridized carbons (Fsp3) is 0.364. The third kappa shape index (κ3) is 3.99. The molecule has 15 heavy (non-hydrogen) atoms. The van der Waals surface area contributed by atoms with Crippen LogP contribution in [0.4, 0.5) is 4.79 Å². The van der Waals surface area contributed by atoms with Gasteiger partial charge in [0.05, 0.1) is 0 Å². The molecule has 1 amide bonds. The lowest BCUT2D eigenvalue weighted by molar-refractivity contribution is 0.142. The van der Waals surface area contributed by atoms with Crippen molar-refractivity contribution in [3.63, 3.8) is 0 Å². The molecule has 0 unspecified atom stereocenters. The summed E-state index contributed by atoms with van der Waals surface area (Å²) in [7, 11) is 0. The Hall–Kier alpha value is -1.55. The smallest absolute Gasteiger partial charge is 0.407 e. The van der Waals surface area contributed by atoms with E-state index in [0.717, 1.165) is 5.56 Å². The van der Waals surface area contributed by atoms with E-state index in [1.165, 1.54) is 4.90 Å². The van der Waals surface area contributed by atoms with Gasteiger partial charge in [-0.05, 0) is 18.5 Å². The number of rotatable bonds is 5. The third-order valence-electron chi connectivity index (χ3n) is 2.12. The Bertz CT molecular complexity index is 301. The molecule has 0 aliphatic rings. The summed E-state index contributed by atoms with van der Waals surface area (Å²) < 4.78 is 0. The second-order valence-electron chi connectivity index (χ2n) is 3.33. The Morgan fingerprint density at radius 1 is 1.33 bits per heavy atom. The summed E-state index contributed by atoms with van der Waals surface area (Å²) in [4.78, 5) is 12.3. The third-order valence-corrected chi connectivity index (χ3v) is 2.12. The van der Waals surface area contributed by atoms with Gasteiger partial charge in [-0.25, -0.2) is 4.79 Å². The van der Waals surface area contributed by atoms with E-state index < -0.39 is 6.09 Å². The van der Waals surface area contributed by atoms with Crippen LogP contribution in [0.3, 0.4) is 0 Å². The Labute approximate surface area is 89.3 Å². The van der Waals surface area contributed by atoms with Crippen molar-refractivity contribution >= 4 is 6.09 Å². The van der Waals surface area contributed by atoms with Crippen LogP contribution in [-0.2, 0) is 6.54 Å². The minimum absolute atomic E-state index is 0.427. The van der Waals surface area contributed by atoms with E-state index in [0.29, 0.717) is 26.1 Å². The summed E-state index contributed by atoms with van der Waals surface area (Å²) in [5, 5.41) is 8.95. The van der Waals surface area contributed by atoms with E-state index in [4.69, 9.17) is 10.8 Å². The fourth-order valence-electron chi connectivity index (χ4n) is 1.33. The highest BCUT2D eigenvalue weighted by Crippen LogP contribution is 2.04. The molecule has 1 aromatic carbocycles. The summed E-state index contributed by atoms with van der Waals surface area (Å²) in [6, 6.07) is 9.54. The maximum atomic E-state index is 10.9. The van der Waals surface area contributed by atoms with Crippen molar-refractivity contribution in [2.45, 2.75) is 13.0 Å². The second-order valence-corrected chi connectivity index (χ2v) is 3.33. The number of hydrogen-bond donors (Lipinski definition) is 2. The first kappa shape index (κ1) is 11.5. The molecule has 0 fully saturated rings. The Kier molecular flexibility index (Phi) is 4.63. The Morgan fingerprint density at radius 2 is 2.00 bits per heavy atom. The molecule has 1 aromatic rings. The van der Waals surface area contributed by atoms with E-state index in [9.17, 15) is 4.79 Å². The predicted molar refractivity (Wildman–Crippen MR) is 58.5 cm³/mol. The van der Waals surface area contributed by atoms with E-state index in [1.54, 1.807) is 0 Å². The van der Waals surface area contributed by atoms with Gasteiger partial charge >= 0.3 is 6.09 Å². The van der Waals surface area contributed by atoms with E-state index in [1.807, 2.05) is 30.3 Å². The zero-order valence-electron chi connectivity index (χ0n) is 8.60. The van der Waals surface area contributed by atoms with Crippen LogP contribution in [0.25, 0.3) is 0 Å². The van der Waals surface area contributed by atoms with Gasteiger partial charge in [-0.2, -0.15) is 0 Å². The first-order valence-corrected chi connectivity index (χ1v) is 4.96. The van der Waals surface area contributed by atoms with Crippen molar-refractivity contribution < 1.29 is 9.90 Å². The topological polar surface area (TPSA) is 66.6 Å². The van der Waals surface area contributed by atoms with Gasteiger partial charge in [0.25, 0.3) is 0 Å². The average Bonchev–Trinajstić information content (AvgIpc) is 2.25. The number of carboxylic acid groups (broad SMARTS) is 1. The predicted octanol–water partition coefficient (Wildman–Crippen LogP) is 1.52. The summed E-state index contributed by atoms with van der Waals surface area (Å²) in [5.74, 6) is 0. The SMILES string of the molecule is NCCCN(Cc1ccccc1)C(=O)O. The summed E-state index contributed by atoms with van der Waals surface area (Å²) >= 11 is 0. The first-order chi connectivity index (χ1) is 7.24. The highest BCUT2D eigenvalue weighted by atomic mass is 16.4. The number of carbonyl (C=O) groups is 1. The Balaban J connectivity index is 2.55. The van der Waals surface area contributed by atoms with Crippen LogP contribution in [0.15, 0.2) is 30.3 Å². The fourth-order valence-corrected chi connectivity index (χ4v) is 1.33. The van der Waals surface area contributed by atoms with E-state index in [-0.39, 0.29) is 0 Å². The summed E-state index contributed by atoms with van der Waals surface area (Å²) in [6.45, 7) is 1.43. The van der Waals surface area contributed by atoms with Crippen LogP contribution >= 0.6 is 0 Å². The molecule has 0 atom stereocenters. The molecule has 0 bridgehead atoms. The molecule has 4 nitrogen and oxygen atoms in total. The zero-order chi connectivity index (χ0) is 11.1. The quantitative estimate of drug-likeness (QED) is 0.770. The van der Waals surface area contributed by atoms with Gasteiger partial charge in [-0.3, -0.25) is 0 Å². The van der Waals surface area contributed by atoms with Gasteiger partial charge in [-0.15, -0.1) is 0 Å². The second kappa shape index (κ2) is 6.03. The van der Waals surface area contributed by atoms with Gasteiger partial charge in [0.15, 0.2) is 0 Å². The molecule has 1 rings (SSSR count). The number of nitrogens with two attached hydrogens (primary N) is 1. The Morgan fingerprint density at radius 3 is 2.53 bits per heavy atom. The minimum atomic E-state index is -0.896. The summed E-state index contributed by atoms with van der Waals surface area (Å²) in [6.07, 6.45) is -0.202. The monoisotopic (exact) mass is 208 g/mol. The molecule has 0 heterocycles. The standard InChI is InChI=1S/C11H16N2O2/c12-7-4-8-13(11(14)15)9-10-5-2-1-3-6-10/h1-3,5-6H,4,7-9,12H2,(H,14,15). The molecular weight excluding hydrogens is 192 g/mol. The lowest BCUT2D eigenvalue weighted by Crippen LogP contribution is -2.31.